The lowest BCUT2D eigenvalue weighted by Gasteiger charge is -2.20. The second-order valence-electron chi connectivity index (χ2n) is 10.1. The Balaban J connectivity index is 1.57. The van der Waals surface area contributed by atoms with Gasteiger partial charge in [-0.05, 0) is 83.8 Å². The molecule has 0 atom stereocenters. The van der Waals surface area contributed by atoms with Crippen LogP contribution in [0.15, 0.2) is 162 Å². The SMILES string of the molecule is [2H]c1c([2H])c([2H])c2c(oc3c([2H])c(-c4c5c([2H])c([2H])c([2H])c([2H])c5c(-c5ccccc5-c5cccc6ccccc56)c5c([2H])c([2H])c([2H])c([2H])c45)c([2H])c([2H])c32)c1[2H]. The van der Waals surface area contributed by atoms with E-state index in [0.717, 1.165) is 16.3 Å². The number of hydrogen-bond donors (Lipinski definition) is 0. The standard InChI is InChI=1S/C42H26O/c1-2-14-29-27(12-1)13-11-22-30(29)31-15-3-4-17-34(31)42-37-20-7-5-18-35(37)41(36-19-6-8-21-38(36)42)28-24-25-33-32-16-9-10-23-39(32)43-40(33)26-28/h1-26H/i5D,6D,7D,8D,9D,10D,16D,18D,19D,20D,21D,23D,24D,25D,26D. The van der Waals surface area contributed by atoms with Crippen molar-refractivity contribution in [3.63, 3.8) is 0 Å². The van der Waals surface area contributed by atoms with Gasteiger partial charge in [-0.1, -0.05) is 139 Å². The number of furan rings is 1. The number of rotatable bonds is 3. The maximum Gasteiger partial charge on any atom is 0.136 e. The van der Waals surface area contributed by atoms with Gasteiger partial charge in [0.05, 0.1) is 20.6 Å². The van der Waals surface area contributed by atoms with Crippen molar-refractivity contribution >= 4 is 54.3 Å². The molecule has 0 amide bonds. The summed E-state index contributed by atoms with van der Waals surface area (Å²) in [4.78, 5) is 0. The van der Waals surface area contributed by atoms with E-state index in [0.29, 0.717) is 11.1 Å². The Labute approximate surface area is 270 Å². The molecule has 1 nitrogen and oxygen atoms in total. The van der Waals surface area contributed by atoms with E-state index < -0.39 is 102 Å². The Morgan fingerprint density at radius 3 is 1.72 bits per heavy atom. The maximum absolute atomic E-state index is 9.53. The molecule has 0 aliphatic carbocycles. The van der Waals surface area contributed by atoms with Crippen LogP contribution in [0, 0.1) is 0 Å². The lowest BCUT2D eigenvalue weighted by Crippen LogP contribution is -1.93. The normalized spacial score (nSPS) is 16.6. The van der Waals surface area contributed by atoms with E-state index in [1.54, 1.807) is 18.2 Å². The van der Waals surface area contributed by atoms with Crippen molar-refractivity contribution in [2.75, 3.05) is 0 Å². The number of hydrogen-bond acceptors (Lipinski definition) is 1. The van der Waals surface area contributed by atoms with Crippen LogP contribution in [0.25, 0.3) is 87.6 Å². The molecule has 9 rings (SSSR count). The van der Waals surface area contributed by atoms with Crippen LogP contribution < -0.4 is 0 Å². The summed E-state index contributed by atoms with van der Waals surface area (Å²) in [5.74, 6) is 0. The van der Waals surface area contributed by atoms with Gasteiger partial charge in [0, 0.05) is 10.8 Å². The molecule has 1 heteroatoms. The third kappa shape index (κ3) is 3.65. The molecule has 1 aromatic heterocycles. The van der Waals surface area contributed by atoms with Gasteiger partial charge in [-0.15, -0.1) is 0 Å². The first-order valence-electron chi connectivity index (χ1n) is 21.1. The highest BCUT2D eigenvalue weighted by atomic mass is 16.3. The third-order valence-corrected chi connectivity index (χ3v) is 7.79. The molecule has 0 fully saturated rings. The summed E-state index contributed by atoms with van der Waals surface area (Å²) < 4.78 is 140. The molecule has 200 valence electrons. The van der Waals surface area contributed by atoms with Gasteiger partial charge in [0.2, 0.25) is 0 Å². The number of fused-ring (bicyclic) bond motifs is 6. The number of para-hydroxylation sites is 1. The van der Waals surface area contributed by atoms with Gasteiger partial charge in [0.15, 0.2) is 0 Å². The van der Waals surface area contributed by atoms with Gasteiger partial charge in [0.1, 0.15) is 11.2 Å². The quantitative estimate of drug-likeness (QED) is 0.196. The fourth-order valence-corrected chi connectivity index (χ4v) is 5.96. The molecule has 0 N–H and O–H groups in total. The Kier molecular flexibility index (Phi) is 2.97. The van der Waals surface area contributed by atoms with E-state index in [4.69, 9.17) is 15.4 Å². The summed E-state index contributed by atoms with van der Waals surface area (Å²) in [6.45, 7) is 0. The molecular weight excluding hydrogens is 520 g/mol. The smallest absolute Gasteiger partial charge is 0.136 e. The molecule has 0 aliphatic heterocycles. The average molecular weight is 562 g/mol. The van der Waals surface area contributed by atoms with Crippen LogP contribution in [-0.4, -0.2) is 0 Å². The number of benzene rings is 8. The summed E-state index contributed by atoms with van der Waals surface area (Å²) >= 11 is 0. The topological polar surface area (TPSA) is 13.1 Å². The maximum atomic E-state index is 9.53. The van der Waals surface area contributed by atoms with Crippen LogP contribution in [0.3, 0.4) is 0 Å². The molecule has 8 aromatic carbocycles. The Hall–Kier alpha value is -5.66. The largest absolute Gasteiger partial charge is 0.456 e. The van der Waals surface area contributed by atoms with Crippen LogP contribution in [0.4, 0.5) is 0 Å². The molecule has 0 radical (unpaired) electrons. The van der Waals surface area contributed by atoms with Gasteiger partial charge >= 0.3 is 0 Å². The van der Waals surface area contributed by atoms with Gasteiger partial charge < -0.3 is 4.42 Å². The Morgan fingerprint density at radius 2 is 0.953 bits per heavy atom. The van der Waals surface area contributed by atoms with Gasteiger partial charge in [-0.25, -0.2) is 0 Å². The zero-order valence-electron chi connectivity index (χ0n) is 37.3. The van der Waals surface area contributed by atoms with Crippen LogP contribution in [-0.2, 0) is 0 Å². The van der Waals surface area contributed by atoms with Gasteiger partial charge in [-0.3, -0.25) is 0 Å². The van der Waals surface area contributed by atoms with Crippen molar-refractivity contribution in [3.05, 3.63) is 157 Å². The van der Waals surface area contributed by atoms with Crippen molar-refractivity contribution in [2.24, 2.45) is 0 Å². The van der Waals surface area contributed by atoms with Crippen LogP contribution in [0.5, 0.6) is 0 Å². The second-order valence-corrected chi connectivity index (χ2v) is 10.1. The molecular formula is C42H26O. The fourth-order valence-electron chi connectivity index (χ4n) is 5.96. The van der Waals surface area contributed by atoms with E-state index in [1.807, 2.05) is 48.5 Å². The highest BCUT2D eigenvalue weighted by Crippen LogP contribution is 2.47. The second kappa shape index (κ2) is 9.44. The minimum Gasteiger partial charge on any atom is -0.456 e. The molecule has 9 aromatic rings. The van der Waals surface area contributed by atoms with Gasteiger partial charge in [-0.2, -0.15) is 0 Å². The highest BCUT2D eigenvalue weighted by Gasteiger charge is 2.20. The fraction of sp³-hybridized carbons (Fsp3) is 0. The van der Waals surface area contributed by atoms with E-state index in [-0.39, 0.29) is 49.0 Å². The average Bonchev–Trinajstić information content (AvgIpc) is 3.64. The van der Waals surface area contributed by atoms with Crippen molar-refractivity contribution < 1.29 is 25.0 Å². The van der Waals surface area contributed by atoms with Gasteiger partial charge in [0.25, 0.3) is 0 Å². The first-order chi connectivity index (χ1) is 27.6. The third-order valence-electron chi connectivity index (χ3n) is 7.79. The van der Waals surface area contributed by atoms with Crippen LogP contribution >= 0.6 is 0 Å². The Morgan fingerprint density at radius 1 is 0.395 bits per heavy atom. The predicted octanol–water partition coefficient (Wildman–Crippen LogP) is 12.0. The summed E-state index contributed by atoms with van der Waals surface area (Å²) in [5.41, 5.74) is 0.218. The van der Waals surface area contributed by atoms with E-state index >= 15 is 0 Å². The van der Waals surface area contributed by atoms with E-state index in [2.05, 4.69) is 0 Å². The van der Waals surface area contributed by atoms with E-state index in [9.17, 15) is 9.60 Å². The molecule has 43 heavy (non-hydrogen) atoms. The molecule has 0 saturated carbocycles. The predicted molar refractivity (Wildman–Crippen MR) is 183 cm³/mol. The van der Waals surface area contributed by atoms with Crippen molar-refractivity contribution in [2.45, 2.75) is 0 Å². The first kappa shape index (κ1) is 13.5. The van der Waals surface area contributed by atoms with Crippen LogP contribution in [0.2, 0.25) is 0 Å². The molecule has 0 aliphatic rings. The van der Waals surface area contributed by atoms with E-state index in [1.165, 1.54) is 0 Å². The highest BCUT2D eigenvalue weighted by molar-refractivity contribution is 6.23. The summed E-state index contributed by atoms with van der Waals surface area (Å²) in [5, 5.41) is 0.446. The van der Waals surface area contributed by atoms with Crippen molar-refractivity contribution in [3.8, 4) is 33.4 Å². The summed E-state index contributed by atoms with van der Waals surface area (Å²) in [7, 11) is 0. The molecule has 1 heterocycles. The zero-order chi connectivity index (χ0) is 41.4. The lowest BCUT2D eigenvalue weighted by molar-refractivity contribution is 0.669. The minimum atomic E-state index is -0.695. The Bertz CT molecular complexity index is 3270. The summed E-state index contributed by atoms with van der Waals surface area (Å²) in [6.07, 6.45) is 0. The summed E-state index contributed by atoms with van der Waals surface area (Å²) in [6, 6.07) is 11.0. The molecule has 0 spiro atoms. The monoisotopic (exact) mass is 561 g/mol. The van der Waals surface area contributed by atoms with Crippen molar-refractivity contribution in [1.29, 1.82) is 0 Å². The molecule has 0 unspecified atom stereocenters. The van der Waals surface area contributed by atoms with Crippen molar-refractivity contribution in [1.82, 2.24) is 0 Å². The minimum absolute atomic E-state index is 0.0638. The molecule has 0 saturated heterocycles. The molecule has 0 bridgehead atoms. The zero-order valence-corrected chi connectivity index (χ0v) is 22.3. The first-order valence-corrected chi connectivity index (χ1v) is 13.6. The van der Waals surface area contributed by atoms with Crippen LogP contribution in [0.1, 0.15) is 20.6 Å². The lowest BCUT2D eigenvalue weighted by atomic mass is 9.83.